The van der Waals surface area contributed by atoms with E-state index in [2.05, 4.69) is 10.3 Å². The number of hydrogen-bond donors (Lipinski definition) is 1. The summed E-state index contributed by atoms with van der Waals surface area (Å²) in [5.74, 6) is -2.00. The molecule has 1 unspecified atom stereocenters. The van der Waals surface area contributed by atoms with Crippen molar-refractivity contribution < 1.29 is 22.0 Å². The van der Waals surface area contributed by atoms with Crippen molar-refractivity contribution in [1.29, 1.82) is 0 Å². The van der Waals surface area contributed by atoms with Gasteiger partial charge in [0.15, 0.2) is 11.6 Å². The van der Waals surface area contributed by atoms with Crippen molar-refractivity contribution in [3.05, 3.63) is 59.3 Å². The van der Waals surface area contributed by atoms with Gasteiger partial charge in [0.25, 0.3) is 0 Å². The monoisotopic (exact) mass is 302 g/mol. The van der Waals surface area contributed by atoms with Crippen LogP contribution in [0, 0.1) is 11.6 Å². The molecule has 1 atom stereocenters. The zero-order chi connectivity index (χ0) is 15.6. The third-order valence-corrected chi connectivity index (χ3v) is 2.90. The molecule has 0 saturated carbocycles. The molecule has 0 amide bonds. The van der Waals surface area contributed by atoms with Gasteiger partial charge in [-0.3, -0.25) is 0 Å². The summed E-state index contributed by atoms with van der Waals surface area (Å²) < 4.78 is 63.7. The molecular weight excluding hydrogens is 291 g/mol. The van der Waals surface area contributed by atoms with Crippen LogP contribution in [0.2, 0.25) is 0 Å². The number of anilines is 1. The average Bonchev–Trinajstić information content (AvgIpc) is 2.41. The zero-order valence-electron chi connectivity index (χ0n) is 10.9. The second-order valence-electron chi connectivity index (χ2n) is 4.47. The summed E-state index contributed by atoms with van der Waals surface area (Å²) in [7, 11) is 0. The standard InChI is InChI=1S/C14H11F5N2/c1-8(9-2-3-11(15)12(16)6-9)21-13-7-10(4-5-20-13)14(17,18)19/h2-8H,1H3,(H,20,21). The lowest BCUT2D eigenvalue weighted by Gasteiger charge is -2.16. The molecule has 0 aliphatic rings. The van der Waals surface area contributed by atoms with Crippen LogP contribution in [-0.2, 0) is 6.18 Å². The highest BCUT2D eigenvalue weighted by Gasteiger charge is 2.30. The molecule has 7 heteroatoms. The fraction of sp³-hybridized carbons (Fsp3) is 0.214. The molecular formula is C14H11F5N2. The quantitative estimate of drug-likeness (QED) is 0.841. The van der Waals surface area contributed by atoms with Crippen molar-refractivity contribution in [2.45, 2.75) is 19.1 Å². The number of alkyl halides is 3. The minimum atomic E-state index is -4.47. The van der Waals surface area contributed by atoms with Crippen LogP contribution >= 0.6 is 0 Å². The second-order valence-corrected chi connectivity index (χ2v) is 4.47. The highest BCUT2D eigenvalue weighted by atomic mass is 19.4. The van der Waals surface area contributed by atoms with Crippen LogP contribution in [0.25, 0.3) is 0 Å². The average molecular weight is 302 g/mol. The lowest BCUT2D eigenvalue weighted by molar-refractivity contribution is -0.137. The summed E-state index contributed by atoms with van der Waals surface area (Å²) in [6, 6.07) is 4.48. The predicted octanol–water partition coefficient (Wildman–Crippen LogP) is 4.55. The number of benzene rings is 1. The normalized spacial score (nSPS) is 13.0. The largest absolute Gasteiger partial charge is 0.416 e. The number of halogens is 5. The number of aromatic nitrogens is 1. The highest BCUT2D eigenvalue weighted by molar-refractivity contribution is 5.41. The first kappa shape index (κ1) is 15.2. The Hall–Kier alpha value is -2.18. The molecule has 0 aliphatic heterocycles. The van der Waals surface area contributed by atoms with Gasteiger partial charge in [0.1, 0.15) is 5.82 Å². The highest BCUT2D eigenvalue weighted by Crippen LogP contribution is 2.30. The van der Waals surface area contributed by atoms with E-state index in [9.17, 15) is 22.0 Å². The molecule has 1 aromatic heterocycles. The SMILES string of the molecule is CC(Nc1cc(C(F)(F)F)ccn1)c1ccc(F)c(F)c1. The Balaban J connectivity index is 2.19. The number of rotatable bonds is 3. The van der Waals surface area contributed by atoms with E-state index in [1.807, 2.05) is 0 Å². The molecule has 1 N–H and O–H groups in total. The summed E-state index contributed by atoms with van der Waals surface area (Å²) >= 11 is 0. The topological polar surface area (TPSA) is 24.9 Å². The van der Waals surface area contributed by atoms with Crippen LogP contribution in [0.15, 0.2) is 36.5 Å². The zero-order valence-corrected chi connectivity index (χ0v) is 10.9. The first-order valence-electron chi connectivity index (χ1n) is 6.02. The molecule has 0 bridgehead atoms. The molecule has 0 aliphatic carbocycles. The number of hydrogen-bond acceptors (Lipinski definition) is 2. The predicted molar refractivity (Wildman–Crippen MR) is 67.6 cm³/mol. The first-order valence-corrected chi connectivity index (χ1v) is 6.02. The smallest absolute Gasteiger partial charge is 0.364 e. The van der Waals surface area contributed by atoms with Gasteiger partial charge in [-0.1, -0.05) is 6.07 Å². The lowest BCUT2D eigenvalue weighted by atomic mass is 10.1. The molecule has 2 rings (SSSR count). The van der Waals surface area contributed by atoms with Crippen LogP contribution in [0.1, 0.15) is 24.1 Å². The van der Waals surface area contributed by atoms with E-state index in [0.717, 1.165) is 30.5 Å². The molecule has 21 heavy (non-hydrogen) atoms. The van der Waals surface area contributed by atoms with Gasteiger partial charge in [-0.2, -0.15) is 13.2 Å². The fourth-order valence-corrected chi connectivity index (χ4v) is 1.77. The molecule has 0 spiro atoms. The third kappa shape index (κ3) is 3.68. The molecule has 1 aromatic carbocycles. The van der Waals surface area contributed by atoms with Gasteiger partial charge in [0, 0.05) is 6.20 Å². The van der Waals surface area contributed by atoms with Gasteiger partial charge < -0.3 is 5.32 Å². The van der Waals surface area contributed by atoms with Crippen LogP contribution < -0.4 is 5.32 Å². The number of pyridine rings is 1. The van der Waals surface area contributed by atoms with Crippen molar-refractivity contribution >= 4 is 5.82 Å². The van der Waals surface area contributed by atoms with Gasteiger partial charge in [0.05, 0.1) is 11.6 Å². The fourth-order valence-electron chi connectivity index (χ4n) is 1.77. The Morgan fingerprint density at radius 2 is 1.76 bits per heavy atom. The van der Waals surface area contributed by atoms with E-state index in [1.165, 1.54) is 6.07 Å². The molecule has 0 fully saturated rings. The van der Waals surface area contributed by atoms with Crippen LogP contribution in [0.5, 0.6) is 0 Å². The molecule has 0 saturated heterocycles. The summed E-state index contributed by atoms with van der Waals surface area (Å²) in [6.07, 6.45) is -3.44. The summed E-state index contributed by atoms with van der Waals surface area (Å²) in [5.41, 5.74) is -0.439. The Morgan fingerprint density at radius 1 is 1.05 bits per heavy atom. The van der Waals surface area contributed by atoms with Crippen molar-refractivity contribution in [3.63, 3.8) is 0 Å². The van der Waals surface area contributed by atoms with Crippen LogP contribution in [0.4, 0.5) is 27.8 Å². The minimum Gasteiger partial charge on any atom is -0.364 e. The second kappa shape index (κ2) is 5.67. The maximum atomic E-state index is 13.1. The molecule has 2 nitrogen and oxygen atoms in total. The summed E-state index contributed by atoms with van der Waals surface area (Å²) in [4.78, 5) is 3.78. The molecule has 1 heterocycles. The van der Waals surface area contributed by atoms with E-state index < -0.39 is 29.4 Å². The van der Waals surface area contributed by atoms with E-state index in [0.29, 0.717) is 5.56 Å². The van der Waals surface area contributed by atoms with Gasteiger partial charge >= 0.3 is 6.18 Å². The van der Waals surface area contributed by atoms with Gasteiger partial charge in [-0.15, -0.1) is 0 Å². The minimum absolute atomic E-state index is 0.00191. The van der Waals surface area contributed by atoms with Crippen LogP contribution in [-0.4, -0.2) is 4.98 Å². The Kier molecular flexibility index (Phi) is 4.11. The van der Waals surface area contributed by atoms with E-state index in [1.54, 1.807) is 6.92 Å². The van der Waals surface area contributed by atoms with Crippen molar-refractivity contribution in [2.24, 2.45) is 0 Å². The van der Waals surface area contributed by atoms with Crippen molar-refractivity contribution in [1.82, 2.24) is 4.98 Å². The lowest BCUT2D eigenvalue weighted by Crippen LogP contribution is -2.11. The van der Waals surface area contributed by atoms with E-state index >= 15 is 0 Å². The molecule has 0 radical (unpaired) electrons. The van der Waals surface area contributed by atoms with Crippen molar-refractivity contribution in [3.8, 4) is 0 Å². The Bertz CT molecular complexity index is 640. The maximum Gasteiger partial charge on any atom is 0.416 e. The van der Waals surface area contributed by atoms with Gasteiger partial charge in [0.2, 0.25) is 0 Å². The molecule has 112 valence electrons. The first-order chi connectivity index (χ1) is 9.77. The van der Waals surface area contributed by atoms with Crippen LogP contribution in [0.3, 0.4) is 0 Å². The number of nitrogens with one attached hydrogen (secondary N) is 1. The summed E-state index contributed by atoms with van der Waals surface area (Å²) in [6.45, 7) is 1.61. The molecule has 2 aromatic rings. The van der Waals surface area contributed by atoms with E-state index in [-0.39, 0.29) is 5.82 Å². The van der Waals surface area contributed by atoms with E-state index in [4.69, 9.17) is 0 Å². The van der Waals surface area contributed by atoms with Gasteiger partial charge in [-0.25, -0.2) is 13.8 Å². The van der Waals surface area contributed by atoms with Crippen molar-refractivity contribution in [2.75, 3.05) is 5.32 Å². The third-order valence-electron chi connectivity index (χ3n) is 2.90. The Morgan fingerprint density at radius 3 is 2.38 bits per heavy atom. The maximum absolute atomic E-state index is 13.1. The Labute approximate surface area is 117 Å². The summed E-state index contributed by atoms with van der Waals surface area (Å²) in [5, 5.41) is 2.72. The van der Waals surface area contributed by atoms with Gasteiger partial charge in [-0.05, 0) is 36.8 Å². The number of nitrogens with zero attached hydrogens (tertiary/aromatic N) is 1.